The van der Waals surface area contributed by atoms with Crippen LogP contribution in [0.5, 0.6) is 0 Å². The number of hydrogen-bond acceptors (Lipinski definition) is 3. The van der Waals surface area contributed by atoms with E-state index in [1.54, 1.807) is 0 Å². The molecule has 0 saturated heterocycles. The second-order valence-corrected chi connectivity index (χ2v) is 5.55. The van der Waals surface area contributed by atoms with Gasteiger partial charge in [-0.05, 0) is 30.7 Å². The molecule has 0 spiro atoms. The minimum absolute atomic E-state index is 0.0270. The molecule has 4 heteroatoms. The van der Waals surface area contributed by atoms with Crippen LogP contribution in [0.4, 0.5) is 0 Å². The Morgan fingerprint density at radius 1 is 1.20 bits per heavy atom. The summed E-state index contributed by atoms with van der Waals surface area (Å²) in [5.74, 6) is 0.534. The highest BCUT2D eigenvalue weighted by molar-refractivity contribution is 5.14. The average molecular weight is 273 g/mol. The predicted molar refractivity (Wildman–Crippen MR) is 79.2 cm³/mol. The van der Waals surface area contributed by atoms with Gasteiger partial charge >= 0.3 is 0 Å². The maximum absolute atomic E-state index is 9.33. The fourth-order valence-electron chi connectivity index (χ4n) is 2.36. The van der Waals surface area contributed by atoms with Gasteiger partial charge < -0.3 is 5.11 Å². The Hall–Kier alpha value is -1.68. The Morgan fingerprint density at radius 3 is 2.60 bits per heavy atom. The van der Waals surface area contributed by atoms with Gasteiger partial charge in [-0.25, -0.2) is 4.68 Å². The van der Waals surface area contributed by atoms with Crippen molar-refractivity contribution in [2.24, 2.45) is 5.92 Å². The van der Waals surface area contributed by atoms with Crippen molar-refractivity contribution in [3.8, 4) is 0 Å². The number of hydrogen-bond donors (Lipinski definition) is 1. The monoisotopic (exact) mass is 273 g/mol. The highest BCUT2D eigenvalue weighted by atomic mass is 16.3. The van der Waals surface area contributed by atoms with Crippen molar-refractivity contribution in [3.05, 3.63) is 47.3 Å². The summed E-state index contributed by atoms with van der Waals surface area (Å²) in [5, 5.41) is 17.6. The number of aliphatic hydroxyl groups is 1. The first kappa shape index (κ1) is 14.7. The number of aromatic nitrogens is 3. The van der Waals surface area contributed by atoms with E-state index < -0.39 is 0 Å². The molecule has 0 amide bonds. The molecule has 4 nitrogen and oxygen atoms in total. The molecule has 2 rings (SSSR count). The summed E-state index contributed by atoms with van der Waals surface area (Å²) in [6, 6.07) is 10.5. The zero-order valence-electron chi connectivity index (χ0n) is 12.3. The number of rotatable bonds is 7. The van der Waals surface area contributed by atoms with Crippen molar-refractivity contribution in [2.45, 2.75) is 46.3 Å². The summed E-state index contributed by atoms with van der Waals surface area (Å²) < 4.78 is 1.95. The summed E-state index contributed by atoms with van der Waals surface area (Å²) in [6.07, 6.45) is 2.98. The van der Waals surface area contributed by atoms with E-state index in [9.17, 15) is 5.11 Å². The van der Waals surface area contributed by atoms with Crippen LogP contribution in [0, 0.1) is 5.92 Å². The van der Waals surface area contributed by atoms with Crippen LogP contribution in [0.3, 0.4) is 0 Å². The highest BCUT2D eigenvalue weighted by Gasteiger charge is 2.13. The standard InChI is InChI=1S/C16H23N3O/c1-13(2)11-16-15(12-20)17-18-19(16)10-6-9-14-7-4-3-5-8-14/h3-5,7-8,13,20H,6,9-12H2,1-2H3. The summed E-state index contributed by atoms with van der Waals surface area (Å²) in [7, 11) is 0. The van der Waals surface area contributed by atoms with E-state index in [2.05, 4.69) is 48.4 Å². The van der Waals surface area contributed by atoms with E-state index in [0.29, 0.717) is 5.92 Å². The Labute approximate surface area is 120 Å². The Balaban J connectivity index is 1.97. The minimum Gasteiger partial charge on any atom is -0.390 e. The van der Waals surface area contributed by atoms with Crippen LogP contribution in [0.1, 0.15) is 37.2 Å². The van der Waals surface area contributed by atoms with Crippen LogP contribution in [-0.4, -0.2) is 20.1 Å². The van der Waals surface area contributed by atoms with Crippen LogP contribution >= 0.6 is 0 Å². The Kier molecular flexibility index (Phi) is 5.30. The lowest BCUT2D eigenvalue weighted by atomic mass is 10.1. The number of benzene rings is 1. The van der Waals surface area contributed by atoms with E-state index in [4.69, 9.17) is 0 Å². The van der Waals surface area contributed by atoms with Gasteiger partial charge in [-0.15, -0.1) is 5.10 Å². The van der Waals surface area contributed by atoms with Crippen LogP contribution < -0.4 is 0 Å². The molecule has 1 aromatic heterocycles. The van der Waals surface area contributed by atoms with Crippen LogP contribution in [0.2, 0.25) is 0 Å². The van der Waals surface area contributed by atoms with Crippen molar-refractivity contribution in [1.82, 2.24) is 15.0 Å². The molecular formula is C16H23N3O. The SMILES string of the molecule is CC(C)Cc1c(CO)nnn1CCCc1ccccc1. The molecule has 1 N–H and O–H groups in total. The maximum Gasteiger partial charge on any atom is 0.111 e. The largest absolute Gasteiger partial charge is 0.390 e. The van der Waals surface area contributed by atoms with Crippen molar-refractivity contribution >= 4 is 0 Å². The van der Waals surface area contributed by atoms with Gasteiger partial charge in [0, 0.05) is 6.54 Å². The molecule has 2 aromatic rings. The lowest BCUT2D eigenvalue weighted by molar-refractivity contribution is 0.275. The fourth-order valence-corrected chi connectivity index (χ4v) is 2.36. The lowest BCUT2D eigenvalue weighted by Crippen LogP contribution is -2.10. The third-order valence-corrected chi connectivity index (χ3v) is 3.35. The summed E-state index contributed by atoms with van der Waals surface area (Å²) in [6.45, 7) is 5.16. The van der Waals surface area contributed by atoms with Gasteiger partial charge in [0.05, 0.1) is 12.3 Å². The van der Waals surface area contributed by atoms with Gasteiger partial charge in [0.15, 0.2) is 0 Å². The van der Waals surface area contributed by atoms with E-state index in [1.165, 1.54) is 5.56 Å². The van der Waals surface area contributed by atoms with E-state index in [-0.39, 0.29) is 6.61 Å². The van der Waals surface area contributed by atoms with E-state index in [1.807, 2.05) is 10.7 Å². The zero-order valence-corrected chi connectivity index (χ0v) is 12.3. The number of aliphatic hydroxyl groups excluding tert-OH is 1. The fraction of sp³-hybridized carbons (Fsp3) is 0.500. The molecule has 0 fully saturated rings. The Morgan fingerprint density at radius 2 is 1.95 bits per heavy atom. The summed E-state index contributed by atoms with van der Waals surface area (Å²) in [4.78, 5) is 0. The molecule has 0 aliphatic rings. The van der Waals surface area contributed by atoms with Gasteiger partial charge in [-0.1, -0.05) is 49.4 Å². The van der Waals surface area contributed by atoms with Gasteiger partial charge in [-0.3, -0.25) is 0 Å². The normalized spacial score (nSPS) is 11.2. The number of aryl methyl sites for hydroxylation is 2. The van der Waals surface area contributed by atoms with Gasteiger partial charge in [0.2, 0.25) is 0 Å². The van der Waals surface area contributed by atoms with E-state index in [0.717, 1.165) is 37.2 Å². The summed E-state index contributed by atoms with van der Waals surface area (Å²) >= 11 is 0. The molecule has 0 aliphatic heterocycles. The Bertz CT molecular complexity index is 520. The van der Waals surface area contributed by atoms with Crippen LogP contribution in [0.15, 0.2) is 30.3 Å². The molecule has 0 bridgehead atoms. The number of nitrogens with zero attached hydrogens (tertiary/aromatic N) is 3. The van der Waals surface area contributed by atoms with Crippen molar-refractivity contribution in [3.63, 3.8) is 0 Å². The molecule has 0 atom stereocenters. The van der Waals surface area contributed by atoms with Crippen molar-refractivity contribution in [1.29, 1.82) is 0 Å². The second kappa shape index (κ2) is 7.20. The first-order chi connectivity index (χ1) is 9.70. The van der Waals surface area contributed by atoms with Crippen molar-refractivity contribution in [2.75, 3.05) is 0 Å². The third-order valence-electron chi connectivity index (χ3n) is 3.35. The predicted octanol–water partition coefficient (Wildman–Crippen LogP) is 2.60. The highest BCUT2D eigenvalue weighted by Crippen LogP contribution is 2.13. The topological polar surface area (TPSA) is 50.9 Å². The molecule has 0 aliphatic carbocycles. The maximum atomic E-state index is 9.33. The third kappa shape index (κ3) is 3.90. The molecule has 108 valence electrons. The molecular weight excluding hydrogens is 250 g/mol. The first-order valence-electron chi connectivity index (χ1n) is 7.26. The van der Waals surface area contributed by atoms with Gasteiger partial charge in [-0.2, -0.15) is 0 Å². The van der Waals surface area contributed by atoms with Crippen LogP contribution in [-0.2, 0) is 26.0 Å². The lowest BCUT2D eigenvalue weighted by Gasteiger charge is -2.09. The van der Waals surface area contributed by atoms with E-state index >= 15 is 0 Å². The van der Waals surface area contributed by atoms with Crippen molar-refractivity contribution < 1.29 is 5.11 Å². The zero-order chi connectivity index (χ0) is 14.4. The average Bonchev–Trinajstić information content (AvgIpc) is 2.82. The molecule has 0 unspecified atom stereocenters. The molecule has 0 radical (unpaired) electrons. The molecule has 20 heavy (non-hydrogen) atoms. The van der Waals surface area contributed by atoms with Gasteiger partial charge in [0.1, 0.15) is 5.69 Å². The molecule has 1 heterocycles. The molecule has 0 saturated carbocycles. The first-order valence-corrected chi connectivity index (χ1v) is 7.26. The smallest absolute Gasteiger partial charge is 0.111 e. The quantitative estimate of drug-likeness (QED) is 0.843. The van der Waals surface area contributed by atoms with Crippen LogP contribution in [0.25, 0.3) is 0 Å². The molecule has 1 aromatic carbocycles. The summed E-state index contributed by atoms with van der Waals surface area (Å²) in [5.41, 5.74) is 3.15. The second-order valence-electron chi connectivity index (χ2n) is 5.55. The minimum atomic E-state index is -0.0270. The van der Waals surface area contributed by atoms with Gasteiger partial charge in [0.25, 0.3) is 0 Å².